The van der Waals surface area contributed by atoms with Crippen molar-refractivity contribution in [1.82, 2.24) is 14.9 Å². The molecule has 0 radical (unpaired) electrons. The molecule has 0 unspecified atom stereocenters. The van der Waals surface area contributed by atoms with Crippen molar-refractivity contribution in [3.63, 3.8) is 0 Å². The first kappa shape index (κ1) is 18.2. The van der Waals surface area contributed by atoms with Gasteiger partial charge in [0.05, 0.1) is 13.7 Å². The number of methoxy groups -OCH3 is 1. The number of amides is 1. The van der Waals surface area contributed by atoms with E-state index in [1.807, 2.05) is 42.5 Å². The predicted octanol–water partition coefficient (Wildman–Crippen LogP) is 3.11. The number of hydrogen-bond donors (Lipinski definition) is 0. The molecule has 0 atom stereocenters. The predicted molar refractivity (Wildman–Crippen MR) is 104 cm³/mol. The SMILES string of the molecule is COc1ccccc1OCc1nnc2n1N(C(=O)Oc1ccccc1)CCS2. The Morgan fingerprint density at radius 1 is 1.07 bits per heavy atom. The van der Waals surface area contributed by atoms with Crippen molar-refractivity contribution in [2.24, 2.45) is 0 Å². The maximum Gasteiger partial charge on any atom is 0.434 e. The highest BCUT2D eigenvalue weighted by molar-refractivity contribution is 7.99. The van der Waals surface area contributed by atoms with Crippen LogP contribution in [0.25, 0.3) is 0 Å². The summed E-state index contributed by atoms with van der Waals surface area (Å²) in [5.41, 5.74) is 0. The van der Waals surface area contributed by atoms with Gasteiger partial charge in [-0.25, -0.2) is 14.5 Å². The number of hydrogen-bond acceptors (Lipinski definition) is 7. The first-order valence-electron chi connectivity index (χ1n) is 8.64. The topological polar surface area (TPSA) is 78.7 Å². The van der Waals surface area contributed by atoms with Crippen LogP contribution in [-0.2, 0) is 6.61 Å². The second-order valence-corrected chi connectivity index (χ2v) is 6.86. The molecule has 2 heterocycles. The number of rotatable bonds is 5. The number of fused-ring (bicyclic) bond motifs is 1. The molecule has 0 bridgehead atoms. The molecule has 1 aliphatic heterocycles. The molecule has 0 fully saturated rings. The van der Waals surface area contributed by atoms with Gasteiger partial charge >= 0.3 is 6.09 Å². The lowest BCUT2D eigenvalue weighted by atomic mass is 10.3. The van der Waals surface area contributed by atoms with E-state index in [4.69, 9.17) is 14.2 Å². The Bertz CT molecular complexity index is 964. The Balaban J connectivity index is 1.53. The monoisotopic (exact) mass is 398 g/mol. The van der Waals surface area contributed by atoms with Gasteiger partial charge < -0.3 is 14.2 Å². The molecule has 0 saturated carbocycles. The van der Waals surface area contributed by atoms with E-state index < -0.39 is 6.09 Å². The van der Waals surface area contributed by atoms with Crippen molar-refractivity contribution in [3.8, 4) is 17.2 Å². The Kier molecular flexibility index (Phi) is 5.34. The average Bonchev–Trinajstić information content (AvgIpc) is 3.16. The first-order valence-corrected chi connectivity index (χ1v) is 9.62. The summed E-state index contributed by atoms with van der Waals surface area (Å²) in [4.78, 5) is 12.7. The summed E-state index contributed by atoms with van der Waals surface area (Å²) in [5.74, 6) is 2.89. The molecule has 0 spiro atoms. The summed E-state index contributed by atoms with van der Waals surface area (Å²) in [6.45, 7) is 0.603. The summed E-state index contributed by atoms with van der Waals surface area (Å²) >= 11 is 1.53. The quantitative estimate of drug-likeness (QED) is 0.653. The van der Waals surface area contributed by atoms with Crippen LogP contribution in [0, 0.1) is 0 Å². The molecule has 0 N–H and O–H groups in total. The number of carbonyl (C=O) groups excluding carboxylic acids is 1. The Morgan fingerprint density at radius 3 is 2.61 bits per heavy atom. The van der Waals surface area contributed by atoms with Crippen LogP contribution in [0.4, 0.5) is 4.79 Å². The molecule has 1 amide bonds. The second kappa shape index (κ2) is 8.22. The van der Waals surface area contributed by atoms with Crippen molar-refractivity contribution in [2.45, 2.75) is 11.8 Å². The molecule has 3 aromatic rings. The number of ether oxygens (including phenoxy) is 3. The molecule has 0 aliphatic carbocycles. The molecule has 0 saturated heterocycles. The number of thioether (sulfide) groups is 1. The van der Waals surface area contributed by atoms with Crippen LogP contribution in [0.2, 0.25) is 0 Å². The van der Waals surface area contributed by atoms with Gasteiger partial charge in [0.25, 0.3) is 0 Å². The van der Waals surface area contributed by atoms with Gasteiger partial charge in [-0.2, -0.15) is 0 Å². The van der Waals surface area contributed by atoms with Crippen molar-refractivity contribution >= 4 is 17.9 Å². The molecule has 28 heavy (non-hydrogen) atoms. The van der Waals surface area contributed by atoms with Crippen LogP contribution < -0.4 is 19.2 Å². The summed E-state index contributed by atoms with van der Waals surface area (Å²) in [5, 5.41) is 10.5. The average molecular weight is 398 g/mol. The number of nitrogens with zero attached hydrogens (tertiary/aromatic N) is 4. The highest BCUT2D eigenvalue weighted by atomic mass is 32.2. The van der Waals surface area contributed by atoms with Gasteiger partial charge in [-0.1, -0.05) is 42.1 Å². The first-order chi connectivity index (χ1) is 13.8. The van der Waals surface area contributed by atoms with Gasteiger partial charge in [0.15, 0.2) is 17.3 Å². The number of para-hydroxylation sites is 3. The largest absolute Gasteiger partial charge is 0.493 e. The lowest BCUT2D eigenvalue weighted by Crippen LogP contribution is -2.47. The third kappa shape index (κ3) is 3.74. The molecular weight excluding hydrogens is 380 g/mol. The summed E-state index contributed by atoms with van der Waals surface area (Å²) in [6.07, 6.45) is -0.494. The Morgan fingerprint density at radius 2 is 1.82 bits per heavy atom. The fourth-order valence-corrected chi connectivity index (χ4v) is 3.61. The van der Waals surface area contributed by atoms with Crippen LogP contribution in [0.5, 0.6) is 17.2 Å². The van der Waals surface area contributed by atoms with Gasteiger partial charge in [-0.3, -0.25) is 0 Å². The van der Waals surface area contributed by atoms with Crippen molar-refractivity contribution in [1.29, 1.82) is 0 Å². The van der Waals surface area contributed by atoms with Crippen LogP contribution in [0.1, 0.15) is 5.82 Å². The zero-order valence-electron chi connectivity index (χ0n) is 15.1. The lowest BCUT2D eigenvalue weighted by molar-refractivity contribution is 0.197. The maximum atomic E-state index is 12.7. The normalized spacial score (nSPS) is 13.0. The molecule has 8 nitrogen and oxygen atoms in total. The number of carbonyl (C=O) groups is 1. The maximum absolute atomic E-state index is 12.7. The van der Waals surface area contributed by atoms with E-state index in [9.17, 15) is 4.79 Å². The van der Waals surface area contributed by atoms with Gasteiger partial charge in [-0.15, -0.1) is 10.2 Å². The molecular formula is C19H18N4O4S. The highest BCUT2D eigenvalue weighted by Crippen LogP contribution is 2.28. The fourth-order valence-electron chi connectivity index (χ4n) is 2.74. The number of aromatic nitrogens is 3. The molecule has 2 aromatic carbocycles. The fraction of sp³-hybridized carbons (Fsp3) is 0.211. The van der Waals surface area contributed by atoms with E-state index in [2.05, 4.69) is 10.2 Å². The van der Waals surface area contributed by atoms with Crippen molar-refractivity contribution in [2.75, 3.05) is 24.4 Å². The molecule has 9 heteroatoms. The molecule has 1 aromatic heterocycles. The van der Waals surface area contributed by atoms with E-state index in [1.54, 1.807) is 23.9 Å². The minimum Gasteiger partial charge on any atom is -0.493 e. The van der Waals surface area contributed by atoms with Crippen molar-refractivity contribution < 1.29 is 19.0 Å². The Labute approximate surface area is 166 Å². The van der Waals surface area contributed by atoms with Gasteiger partial charge in [-0.05, 0) is 24.3 Å². The lowest BCUT2D eigenvalue weighted by Gasteiger charge is -2.28. The zero-order chi connectivity index (χ0) is 19.3. The van der Waals surface area contributed by atoms with Gasteiger partial charge in [0, 0.05) is 5.75 Å². The molecule has 144 valence electrons. The van der Waals surface area contributed by atoms with E-state index in [0.29, 0.717) is 40.5 Å². The second-order valence-electron chi connectivity index (χ2n) is 5.80. The minimum absolute atomic E-state index is 0.128. The van der Waals surface area contributed by atoms with Crippen LogP contribution in [0.15, 0.2) is 59.8 Å². The van der Waals surface area contributed by atoms with E-state index in [-0.39, 0.29) is 6.61 Å². The van der Waals surface area contributed by atoms with E-state index in [0.717, 1.165) is 0 Å². The summed E-state index contributed by atoms with van der Waals surface area (Å²) < 4.78 is 18.3. The van der Waals surface area contributed by atoms with Gasteiger partial charge in [0.1, 0.15) is 12.4 Å². The number of benzene rings is 2. The molecule has 4 rings (SSSR count). The minimum atomic E-state index is -0.494. The van der Waals surface area contributed by atoms with Crippen LogP contribution >= 0.6 is 11.8 Å². The van der Waals surface area contributed by atoms with Crippen LogP contribution in [-0.4, -0.2) is 40.4 Å². The summed E-state index contributed by atoms with van der Waals surface area (Å²) in [6, 6.07) is 16.3. The third-order valence-corrected chi connectivity index (χ3v) is 4.94. The zero-order valence-corrected chi connectivity index (χ0v) is 16.0. The highest BCUT2D eigenvalue weighted by Gasteiger charge is 2.29. The van der Waals surface area contributed by atoms with E-state index in [1.165, 1.54) is 16.8 Å². The summed E-state index contributed by atoms with van der Waals surface area (Å²) in [7, 11) is 1.58. The van der Waals surface area contributed by atoms with Crippen molar-refractivity contribution in [3.05, 3.63) is 60.4 Å². The van der Waals surface area contributed by atoms with Gasteiger partial charge in [0.2, 0.25) is 5.16 Å². The standard InChI is InChI=1S/C19H18N4O4S/c1-25-15-9-5-6-10-16(15)26-13-17-20-21-18-23(17)22(11-12-28-18)19(24)27-14-7-3-2-4-8-14/h2-10H,11-13H2,1H3. The van der Waals surface area contributed by atoms with Crippen LogP contribution in [0.3, 0.4) is 0 Å². The smallest absolute Gasteiger partial charge is 0.434 e. The molecule has 1 aliphatic rings. The Hall–Kier alpha value is -3.20. The van der Waals surface area contributed by atoms with E-state index >= 15 is 0 Å². The third-order valence-electron chi connectivity index (χ3n) is 4.04.